The van der Waals surface area contributed by atoms with Crippen molar-refractivity contribution >= 4 is 23.5 Å². The zero-order chi connectivity index (χ0) is 19.5. The van der Waals surface area contributed by atoms with Gasteiger partial charge < -0.3 is 4.74 Å². The average molecular weight is 368 g/mol. The van der Waals surface area contributed by atoms with E-state index in [1.165, 1.54) is 0 Å². The highest BCUT2D eigenvalue weighted by Gasteiger charge is 2.32. The van der Waals surface area contributed by atoms with E-state index in [1.807, 2.05) is 85.8 Å². The summed E-state index contributed by atoms with van der Waals surface area (Å²) in [5.41, 5.74) is 4.05. The molecule has 0 fully saturated rings. The first-order valence-corrected chi connectivity index (χ1v) is 9.07. The fourth-order valence-electron chi connectivity index (χ4n) is 3.19. The number of amidine groups is 1. The zero-order valence-corrected chi connectivity index (χ0v) is 15.8. The second kappa shape index (κ2) is 7.53. The van der Waals surface area contributed by atoms with Crippen LogP contribution in [0, 0.1) is 6.92 Å². The number of hydrogen-bond donors (Lipinski definition) is 0. The summed E-state index contributed by atoms with van der Waals surface area (Å²) in [6.45, 7) is 2.01. The Hall–Kier alpha value is -3.66. The number of carbonyl (C=O) groups is 1. The van der Waals surface area contributed by atoms with Gasteiger partial charge in [0.2, 0.25) is 0 Å². The number of anilines is 1. The summed E-state index contributed by atoms with van der Waals surface area (Å²) in [7, 11) is 1.62. The normalized spacial score (nSPS) is 15.1. The van der Waals surface area contributed by atoms with Crippen molar-refractivity contribution in [3.05, 3.63) is 101 Å². The Kier molecular flexibility index (Phi) is 4.77. The number of aryl methyl sites for hydroxylation is 1. The lowest BCUT2D eigenvalue weighted by atomic mass is 10.1. The number of aliphatic imine (C=N–C) groups is 1. The van der Waals surface area contributed by atoms with E-state index in [0.29, 0.717) is 11.5 Å². The van der Waals surface area contributed by atoms with Crippen molar-refractivity contribution in [1.82, 2.24) is 0 Å². The van der Waals surface area contributed by atoms with Crippen molar-refractivity contribution in [2.45, 2.75) is 6.92 Å². The highest BCUT2D eigenvalue weighted by Crippen LogP contribution is 2.28. The molecular formula is C24H20N2O2. The summed E-state index contributed by atoms with van der Waals surface area (Å²) in [5.74, 6) is 1.22. The number of nitrogens with zero attached hydrogens (tertiary/aromatic N) is 2. The van der Waals surface area contributed by atoms with Crippen LogP contribution in [-0.4, -0.2) is 18.9 Å². The minimum absolute atomic E-state index is 0.146. The van der Waals surface area contributed by atoms with Gasteiger partial charge in [-0.1, -0.05) is 54.6 Å². The van der Waals surface area contributed by atoms with E-state index in [1.54, 1.807) is 18.1 Å². The first kappa shape index (κ1) is 17.7. The molecule has 3 aromatic rings. The molecule has 3 aromatic carbocycles. The maximum absolute atomic E-state index is 13.3. The fraction of sp³-hybridized carbons (Fsp3) is 0.0833. The third kappa shape index (κ3) is 3.45. The number of methoxy groups -OCH3 is 1. The van der Waals surface area contributed by atoms with E-state index in [-0.39, 0.29) is 5.91 Å². The summed E-state index contributed by atoms with van der Waals surface area (Å²) >= 11 is 0. The average Bonchev–Trinajstić information content (AvgIpc) is 3.05. The highest BCUT2D eigenvalue weighted by atomic mass is 16.5. The van der Waals surface area contributed by atoms with Gasteiger partial charge in [0.15, 0.2) is 0 Å². The molecule has 0 radical (unpaired) electrons. The summed E-state index contributed by atoms with van der Waals surface area (Å²) in [6, 6.07) is 25.2. The van der Waals surface area contributed by atoms with Crippen LogP contribution in [0.3, 0.4) is 0 Å². The van der Waals surface area contributed by atoms with Crippen molar-refractivity contribution in [3.63, 3.8) is 0 Å². The minimum Gasteiger partial charge on any atom is -0.497 e. The molecular weight excluding hydrogens is 348 g/mol. The first-order valence-electron chi connectivity index (χ1n) is 9.07. The van der Waals surface area contributed by atoms with Crippen LogP contribution in [0.4, 0.5) is 5.69 Å². The molecule has 1 heterocycles. The van der Waals surface area contributed by atoms with Crippen molar-refractivity contribution in [2.24, 2.45) is 4.99 Å². The van der Waals surface area contributed by atoms with Crippen molar-refractivity contribution in [1.29, 1.82) is 0 Å². The molecule has 4 nitrogen and oxygen atoms in total. The van der Waals surface area contributed by atoms with E-state index < -0.39 is 0 Å². The molecule has 0 saturated carbocycles. The van der Waals surface area contributed by atoms with Crippen molar-refractivity contribution in [3.8, 4) is 5.75 Å². The Morgan fingerprint density at radius 1 is 0.929 bits per heavy atom. The Balaban J connectivity index is 1.82. The Bertz CT molecular complexity index is 1080. The van der Waals surface area contributed by atoms with Gasteiger partial charge in [-0.25, -0.2) is 4.99 Å². The van der Waals surface area contributed by atoms with Gasteiger partial charge in [0.1, 0.15) is 17.3 Å². The molecule has 0 unspecified atom stereocenters. The van der Waals surface area contributed by atoms with Crippen LogP contribution in [0.25, 0.3) is 6.08 Å². The van der Waals surface area contributed by atoms with Crippen molar-refractivity contribution in [2.75, 3.05) is 12.0 Å². The smallest absolute Gasteiger partial charge is 0.282 e. The van der Waals surface area contributed by atoms with Crippen LogP contribution in [0.2, 0.25) is 0 Å². The molecule has 0 aliphatic carbocycles. The molecule has 1 aliphatic heterocycles. The molecule has 4 rings (SSSR count). The van der Waals surface area contributed by atoms with Gasteiger partial charge >= 0.3 is 0 Å². The molecule has 1 aliphatic rings. The van der Waals surface area contributed by atoms with Crippen LogP contribution in [0.5, 0.6) is 5.75 Å². The molecule has 28 heavy (non-hydrogen) atoms. The van der Waals surface area contributed by atoms with Gasteiger partial charge in [-0.05, 0) is 48.4 Å². The molecule has 0 saturated heterocycles. The highest BCUT2D eigenvalue weighted by molar-refractivity contribution is 6.33. The minimum atomic E-state index is -0.146. The van der Waals surface area contributed by atoms with Crippen LogP contribution < -0.4 is 9.64 Å². The molecule has 0 aromatic heterocycles. The predicted molar refractivity (Wildman–Crippen MR) is 113 cm³/mol. The largest absolute Gasteiger partial charge is 0.497 e. The monoisotopic (exact) mass is 368 g/mol. The lowest BCUT2D eigenvalue weighted by Crippen LogP contribution is -2.32. The topological polar surface area (TPSA) is 41.9 Å². The Morgan fingerprint density at radius 3 is 2.46 bits per heavy atom. The SMILES string of the molecule is COc1cccc(/C=C2/N=C(c3ccccc3)N(c3cccc(C)c3)C2=O)c1. The lowest BCUT2D eigenvalue weighted by molar-refractivity contribution is -0.113. The number of carbonyl (C=O) groups excluding carboxylic acids is 1. The summed E-state index contributed by atoms with van der Waals surface area (Å²) in [4.78, 5) is 19.6. The third-order valence-corrected chi connectivity index (χ3v) is 4.55. The van der Waals surface area contributed by atoms with E-state index in [0.717, 1.165) is 28.1 Å². The van der Waals surface area contributed by atoms with Gasteiger partial charge in [0.05, 0.1) is 12.8 Å². The van der Waals surface area contributed by atoms with E-state index in [4.69, 9.17) is 9.73 Å². The van der Waals surface area contributed by atoms with Crippen LogP contribution in [-0.2, 0) is 4.79 Å². The van der Waals surface area contributed by atoms with Crippen LogP contribution in [0.1, 0.15) is 16.7 Å². The summed E-state index contributed by atoms with van der Waals surface area (Å²) in [6.07, 6.45) is 1.80. The van der Waals surface area contributed by atoms with Gasteiger partial charge in [-0.3, -0.25) is 9.69 Å². The van der Waals surface area contributed by atoms with Gasteiger partial charge in [0.25, 0.3) is 5.91 Å². The number of amides is 1. The standard InChI is InChI=1S/C24H20N2O2/c1-17-8-6-12-20(14-17)26-23(19-10-4-3-5-11-19)25-22(24(26)27)16-18-9-7-13-21(15-18)28-2/h3-16H,1-2H3/b22-16+. The molecule has 0 atom stereocenters. The maximum Gasteiger partial charge on any atom is 0.282 e. The second-order valence-electron chi connectivity index (χ2n) is 6.59. The number of rotatable bonds is 4. The first-order chi connectivity index (χ1) is 13.7. The van der Waals surface area contributed by atoms with Gasteiger partial charge in [-0.2, -0.15) is 0 Å². The Labute approximate surface area is 164 Å². The number of ether oxygens (including phenoxy) is 1. The summed E-state index contributed by atoms with van der Waals surface area (Å²) in [5, 5.41) is 0. The molecule has 0 spiro atoms. The van der Waals surface area contributed by atoms with Crippen molar-refractivity contribution < 1.29 is 9.53 Å². The van der Waals surface area contributed by atoms with Crippen LogP contribution in [0.15, 0.2) is 89.6 Å². The van der Waals surface area contributed by atoms with E-state index in [2.05, 4.69) is 0 Å². The predicted octanol–water partition coefficient (Wildman–Crippen LogP) is 4.84. The summed E-state index contributed by atoms with van der Waals surface area (Å²) < 4.78 is 5.28. The quantitative estimate of drug-likeness (QED) is 0.619. The number of hydrogen-bond acceptors (Lipinski definition) is 3. The molecule has 0 bridgehead atoms. The fourth-order valence-corrected chi connectivity index (χ4v) is 3.19. The van der Waals surface area contributed by atoms with E-state index in [9.17, 15) is 4.79 Å². The zero-order valence-electron chi connectivity index (χ0n) is 15.8. The molecule has 138 valence electrons. The lowest BCUT2D eigenvalue weighted by Gasteiger charge is -2.19. The molecule has 0 N–H and O–H groups in total. The molecule has 4 heteroatoms. The second-order valence-corrected chi connectivity index (χ2v) is 6.59. The Morgan fingerprint density at radius 2 is 1.71 bits per heavy atom. The van der Waals surface area contributed by atoms with E-state index >= 15 is 0 Å². The molecule has 1 amide bonds. The maximum atomic E-state index is 13.3. The third-order valence-electron chi connectivity index (χ3n) is 4.55. The van der Waals surface area contributed by atoms with Gasteiger partial charge in [-0.15, -0.1) is 0 Å². The number of benzene rings is 3. The van der Waals surface area contributed by atoms with Crippen LogP contribution >= 0.6 is 0 Å². The van der Waals surface area contributed by atoms with Gasteiger partial charge in [0, 0.05) is 5.56 Å².